The Morgan fingerprint density at radius 1 is 1.12 bits per heavy atom. The van der Waals surface area contributed by atoms with E-state index >= 15 is 0 Å². The number of carboxylic acids is 1. The summed E-state index contributed by atoms with van der Waals surface area (Å²) in [6.45, 7) is 4.22. The fourth-order valence-electron chi connectivity index (χ4n) is 2.61. The molecule has 0 atom stereocenters. The molecule has 2 rings (SSSR count). The molecule has 0 amide bonds. The van der Waals surface area contributed by atoms with Crippen LogP contribution in [-0.4, -0.2) is 31.0 Å². The molecule has 0 heterocycles. The van der Waals surface area contributed by atoms with E-state index in [9.17, 15) is 23.3 Å². The van der Waals surface area contributed by atoms with Crippen molar-refractivity contribution in [1.82, 2.24) is 0 Å². The van der Waals surface area contributed by atoms with Crippen LogP contribution in [0.3, 0.4) is 0 Å². The zero-order chi connectivity index (χ0) is 19.6. The van der Waals surface area contributed by atoms with Crippen molar-refractivity contribution in [2.24, 2.45) is 0 Å². The maximum Gasteiger partial charge on any atom is 0.324 e. The first-order chi connectivity index (χ1) is 12.0. The van der Waals surface area contributed by atoms with Crippen molar-refractivity contribution in [1.29, 1.82) is 0 Å². The van der Waals surface area contributed by atoms with Gasteiger partial charge in [0.15, 0.2) is 0 Å². The van der Waals surface area contributed by atoms with Gasteiger partial charge in [0.25, 0.3) is 15.7 Å². The molecule has 0 aliphatic heterocycles. The van der Waals surface area contributed by atoms with Crippen LogP contribution in [0.4, 0.5) is 11.4 Å². The Hall–Kier alpha value is -2.94. The van der Waals surface area contributed by atoms with Gasteiger partial charge in [-0.3, -0.25) is 19.2 Å². The third-order valence-corrected chi connectivity index (χ3v) is 5.51. The van der Waals surface area contributed by atoms with Crippen LogP contribution in [0.1, 0.15) is 16.7 Å². The van der Waals surface area contributed by atoms with Crippen molar-refractivity contribution in [2.45, 2.75) is 25.7 Å². The molecule has 138 valence electrons. The number of nitrogens with zero attached hydrogens (tertiary/aromatic N) is 2. The predicted molar refractivity (Wildman–Crippen MR) is 95.9 cm³/mol. The summed E-state index contributed by atoms with van der Waals surface area (Å²) in [6.07, 6.45) is 0. The summed E-state index contributed by atoms with van der Waals surface area (Å²) in [5.41, 5.74) is 1.68. The van der Waals surface area contributed by atoms with E-state index in [4.69, 9.17) is 5.11 Å². The molecule has 0 radical (unpaired) electrons. The second-order valence-electron chi connectivity index (χ2n) is 5.96. The standard InChI is InChI=1S/C17H18N2O6S/c1-11-6-12(2)8-14(7-11)18(10-17(20)21)26(24,25)15-5-4-13(3)16(9-15)19(22)23/h4-9H,10H2,1-3H3,(H,20,21). The van der Waals surface area contributed by atoms with Crippen molar-refractivity contribution in [3.05, 3.63) is 63.2 Å². The van der Waals surface area contributed by atoms with Gasteiger partial charge in [-0.25, -0.2) is 8.42 Å². The molecule has 1 N–H and O–H groups in total. The third-order valence-electron chi connectivity index (χ3n) is 3.74. The molecule has 2 aromatic carbocycles. The Balaban J connectivity index is 2.65. The van der Waals surface area contributed by atoms with Crippen molar-refractivity contribution in [3.63, 3.8) is 0 Å². The van der Waals surface area contributed by atoms with Crippen LogP contribution in [0.25, 0.3) is 0 Å². The molecular formula is C17H18N2O6S. The van der Waals surface area contributed by atoms with E-state index < -0.39 is 27.5 Å². The van der Waals surface area contributed by atoms with E-state index in [1.54, 1.807) is 26.0 Å². The van der Waals surface area contributed by atoms with E-state index in [0.29, 0.717) is 5.56 Å². The van der Waals surface area contributed by atoms with Gasteiger partial charge in [-0.15, -0.1) is 0 Å². The number of hydrogen-bond donors (Lipinski definition) is 1. The average Bonchev–Trinajstić information content (AvgIpc) is 2.51. The fourth-order valence-corrected chi connectivity index (χ4v) is 4.02. The lowest BCUT2D eigenvalue weighted by Gasteiger charge is -2.23. The summed E-state index contributed by atoms with van der Waals surface area (Å²) in [5.74, 6) is -1.34. The van der Waals surface area contributed by atoms with Crippen LogP contribution >= 0.6 is 0 Å². The van der Waals surface area contributed by atoms with Gasteiger partial charge in [0.1, 0.15) is 6.54 Å². The highest BCUT2D eigenvalue weighted by atomic mass is 32.2. The molecule has 0 aliphatic rings. The number of sulfonamides is 1. The van der Waals surface area contributed by atoms with Crippen LogP contribution in [0.2, 0.25) is 0 Å². The fraction of sp³-hybridized carbons (Fsp3) is 0.235. The molecule has 9 heteroatoms. The van der Waals surface area contributed by atoms with Gasteiger partial charge in [0.2, 0.25) is 0 Å². The number of nitro groups is 1. The van der Waals surface area contributed by atoms with Gasteiger partial charge in [0, 0.05) is 11.6 Å². The lowest BCUT2D eigenvalue weighted by Crippen LogP contribution is -2.35. The minimum absolute atomic E-state index is 0.188. The van der Waals surface area contributed by atoms with Gasteiger partial charge in [-0.2, -0.15) is 0 Å². The summed E-state index contributed by atoms with van der Waals surface area (Å²) in [5, 5.41) is 20.3. The molecule has 0 spiro atoms. The number of benzene rings is 2. The highest BCUT2D eigenvalue weighted by Crippen LogP contribution is 2.29. The number of rotatable bonds is 6. The molecule has 26 heavy (non-hydrogen) atoms. The average molecular weight is 378 g/mol. The van der Waals surface area contributed by atoms with E-state index in [1.807, 2.05) is 6.07 Å². The van der Waals surface area contributed by atoms with Gasteiger partial charge in [0.05, 0.1) is 15.5 Å². The first-order valence-corrected chi connectivity index (χ1v) is 9.04. The van der Waals surface area contributed by atoms with Crippen LogP contribution in [-0.2, 0) is 14.8 Å². The van der Waals surface area contributed by atoms with Gasteiger partial charge < -0.3 is 5.11 Å². The molecule has 0 bridgehead atoms. The molecule has 0 aliphatic carbocycles. The predicted octanol–water partition coefficient (Wildman–Crippen LogP) is 2.80. The topological polar surface area (TPSA) is 118 Å². The first-order valence-electron chi connectivity index (χ1n) is 7.60. The quantitative estimate of drug-likeness (QED) is 0.610. The molecule has 0 unspecified atom stereocenters. The summed E-state index contributed by atoms with van der Waals surface area (Å²) in [4.78, 5) is 21.3. The number of aliphatic carboxylic acids is 1. The first kappa shape index (κ1) is 19.4. The Bertz CT molecular complexity index is 964. The maximum atomic E-state index is 13.0. The minimum Gasteiger partial charge on any atom is -0.480 e. The Labute approximate surface area is 150 Å². The Kier molecular flexibility index (Phi) is 5.31. The number of aryl methyl sites for hydroxylation is 3. The van der Waals surface area contributed by atoms with Gasteiger partial charge in [-0.1, -0.05) is 12.1 Å². The molecule has 0 aromatic heterocycles. The van der Waals surface area contributed by atoms with Crippen LogP contribution in [0.15, 0.2) is 41.3 Å². The summed E-state index contributed by atoms with van der Waals surface area (Å²) < 4.78 is 26.8. The van der Waals surface area contributed by atoms with Crippen LogP contribution < -0.4 is 4.31 Å². The maximum absolute atomic E-state index is 13.0. The Morgan fingerprint density at radius 2 is 1.69 bits per heavy atom. The van der Waals surface area contributed by atoms with E-state index in [-0.39, 0.29) is 16.3 Å². The monoisotopic (exact) mass is 378 g/mol. The SMILES string of the molecule is Cc1cc(C)cc(N(CC(=O)O)S(=O)(=O)c2ccc(C)c([N+](=O)[O-])c2)c1. The zero-order valence-electron chi connectivity index (χ0n) is 14.5. The van der Waals surface area contributed by atoms with E-state index in [0.717, 1.165) is 21.5 Å². The van der Waals surface area contributed by atoms with Crippen LogP contribution in [0, 0.1) is 30.9 Å². The molecule has 0 saturated heterocycles. The summed E-state index contributed by atoms with van der Waals surface area (Å²) in [7, 11) is -4.31. The summed E-state index contributed by atoms with van der Waals surface area (Å²) in [6, 6.07) is 8.43. The smallest absolute Gasteiger partial charge is 0.324 e. The largest absolute Gasteiger partial charge is 0.480 e. The molecule has 2 aromatic rings. The van der Waals surface area contributed by atoms with Crippen molar-refractivity contribution in [3.8, 4) is 0 Å². The van der Waals surface area contributed by atoms with Crippen molar-refractivity contribution >= 4 is 27.4 Å². The third kappa shape index (κ3) is 3.99. The minimum atomic E-state index is -4.31. The van der Waals surface area contributed by atoms with Gasteiger partial charge in [-0.05, 0) is 50.1 Å². The normalized spacial score (nSPS) is 11.2. The number of carboxylic acid groups (broad SMARTS) is 1. The molecule has 0 saturated carbocycles. The number of hydrogen-bond acceptors (Lipinski definition) is 5. The second kappa shape index (κ2) is 7.12. The molecular weight excluding hydrogens is 360 g/mol. The lowest BCUT2D eigenvalue weighted by atomic mass is 10.1. The van der Waals surface area contributed by atoms with Crippen LogP contribution in [0.5, 0.6) is 0 Å². The molecule has 0 fully saturated rings. The zero-order valence-corrected chi connectivity index (χ0v) is 15.3. The van der Waals surface area contributed by atoms with E-state index in [1.165, 1.54) is 19.1 Å². The second-order valence-corrected chi connectivity index (χ2v) is 7.82. The highest BCUT2D eigenvalue weighted by molar-refractivity contribution is 7.92. The Morgan fingerprint density at radius 3 is 2.19 bits per heavy atom. The molecule has 8 nitrogen and oxygen atoms in total. The lowest BCUT2D eigenvalue weighted by molar-refractivity contribution is -0.385. The number of anilines is 1. The van der Waals surface area contributed by atoms with Gasteiger partial charge >= 0.3 is 5.97 Å². The van der Waals surface area contributed by atoms with E-state index in [2.05, 4.69) is 0 Å². The van der Waals surface area contributed by atoms with Crippen molar-refractivity contribution < 1.29 is 23.2 Å². The highest BCUT2D eigenvalue weighted by Gasteiger charge is 2.29. The summed E-state index contributed by atoms with van der Waals surface area (Å²) >= 11 is 0. The number of carbonyl (C=O) groups is 1. The number of nitro benzene ring substituents is 1. The van der Waals surface area contributed by atoms with Crippen molar-refractivity contribution in [2.75, 3.05) is 10.8 Å².